The van der Waals surface area contributed by atoms with Gasteiger partial charge in [0.25, 0.3) is 5.91 Å². The van der Waals surface area contributed by atoms with E-state index in [0.717, 1.165) is 5.56 Å². The second kappa shape index (κ2) is 8.19. The topological polar surface area (TPSA) is 73.9 Å². The summed E-state index contributed by atoms with van der Waals surface area (Å²) in [6.07, 6.45) is -0.751. The number of esters is 1. The van der Waals surface area contributed by atoms with Gasteiger partial charge in [-0.2, -0.15) is 0 Å². The number of anilines is 1. The summed E-state index contributed by atoms with van der Waals surface area (Å²) >= 11 is 0. The molecule has 0 bridgehead atoms. The summed E-state index contributed by atoms with van der Waals surface area (Å²) in [4.78, 5) is 23.8. The van der Waals surface area contributed by atoms with Gasteiger partial charge in [-0.05, 0) is 44.2 Å². The van der Waals surface area contributed by atoms with Crippen LogP contribution in [0.4, 0.5) is 5.69 Å². The van der Waals surface area contributed by atoms with Crippen LogP contribution in [-0.4, -0.2) is 32.2 Å². The molecular weight excluding hydrogens is 322 g/mol. The van der Waals surface area contributed by atoms with Crippen molar-refractivity contribution in [1.82, 2.24) is 0 Å². The van der Waals surface area contributed by atoms with E-state index in [1.54, 1.807) is 19.1 Å². The maximum atomic E-state index is 12.3. The second-order valence-corrected chi connectivity index (χ2v) is 5.47. The SMILES string of the molecule is COC(=O)c1ccc(O[C@H](C)C(=O)Nc2ccc(C)cc2)c(OC)c1. The van der Waals surface area contributed by atoms with Crippen molar-refractivity contribution in [2.45, 2.75) is 20.0 Å². The van der Waals surface area contributed by atoms with Gasteiger partial charge in [0, 0.05) is 5.69 Å². The lowest BCUT2D eigenvalue weighted by atomic mass is 10.2. The van der Waals surface area contributed by atoms with Gasteiger partial charge >= 0.3 is 5.97 Å². The van der Waals surface area contributed by atoms with Gasteiger partial charge < -0.3 is 19.5 Å². The summed E-state index contributed by atoms with van der Waals surface area (Å²) in [7, 11) is 2.76. The lowest BCUT2D eigenvalue weighted by molar-refractivity contribution is -0.122. The molecule has 0 unspecified atom stereocenters. The number of nitrogens with one attached hydrogen (secondary N) is 1. The highest BCUT2D eigenvalue weighted by atomic mass is 16.5. The van der Waals surface area contributed by atoms with Gasteiger partial charge in [0.05, 0.1) is 19.8 Å². The van der Waals surface area contributed by atoms with E-state index in [2.05, 4.69) is 10.1 Å². The van der Waals surface area contributed by atoms with Crippen LogP contribution in [0.1, 0.15) is 22.8 Å². The lowest BCUT2D eigenvalue weighted by Crippen LogP contribution is -2.30. The average Bonchev–Trinajstić information content (AvgIpc) is 2.63. The predicted octanol–water partition coefficient (Wildman–Crippen LogP) is 3.20. The number of amides is 1. The zero-order chi connectivity index (χ0) is 18.4. The van der Waals surface area contributed by atoms with Crippen LogP contribution >= 0.6 is 0 Å². The molecule has 2 aromatic carbocycles. The molecule has 132 valence electrons. The van der Waals surface area contributed by atoms with E-state index in [-0.39, 0.29) is 5.91 Å². The number of ether oxygens (including phenoxy) is 3. The quantitative estimate of drug-likeness (QED) is 0.816. The molecule has 0 aliphatic carbocycles. The van der Waals surface area contributed by atoms with Crippen molar-refractivity contribution >= 4 is 17.6 Å². The molecule has 0 aliphatic heterocycles. The second-order valence-electron chi connectivity index (χ2n) is 5.47. The van der Waals surface area contributed by atoms with Crippen molar-refractivity contribution in [3.05, 3.63) is 53.6 Å². The zero-order valence-corrected chi connectivity index (χ0v) is 14.7. The molecule has 1 atom stereocenters. The molecule has 0 aromatic heterocycles. The molecule has 1 N–H and O–H groups in total. The molecule has 0 radical (unpaired) electrons. The molecule has 0 spiro atoms. The van der Waals surface area contributed by atoms with Crippen LogP contribution in [0.3, 0.4) is 0 Å². The fourth-order valence-corrected chi connectivity index (χ4v) is 2.13. The van der Waals surface area contributed by atoms with E-state index in [4.69, 9.17) is 9.47 Å². The van der Waals surface area contributed by atoms with Crippen molar-refractivity contribution in [1.29, 1.82) is 0 Å². The Bertz CT molecular complexity index is 755. The first-order valence-corrected chi connectivity index (χ1v) is 7.75. The van der Waals surface area contributed by atoms with Crippen molar-refractivity contribution < 1.29 is 23.8 Å². The maximum Gasteiger partial charge on any atom is 0.337 e. The highest BCUT2D eigenvalue weighted by molar-refractivity contribution is 5.94. The molecule has 25 heavy (non-hydrogen) atoms. The minimum absolute atomic E-state index is 0.289. The van der Waals surface area contributed by atoms with E-state index in [0.29, 0.717) is 22.7 Å². The summed E-state index contributed by atoms with van der Waals surface area (Å²) in [6, 6.07) is 12.1. The number of benzene rings is 2. The summed E-state index contributed by atoms with van der Waals surface area (Å²) < 4.78 is 15.6. The Balaban J connectivity index is 2.08. The standard InChI is InChI=1S/C19H21NO5/c1-12-5-8-15(9-6-12)20-18(21)13(2)25-16-10-7-14(19(22)24-4)11-17(16)23-3/h5-11,13H,1-4H3,(H,20,21)/t13-/m1/s1. The minimum atomic E-state index is -0.751. The van der Waals surface area contributed by atoms with Crippen molar-refractivity contribution in [3.63, 3.8) is 0 Å². The largest absolute Gasteiger partial charge is 0.493 e. The van der Waals surface area contributed by atoms with Crippen LogP contribution in [0.5, 0.6) is 11.5 Å². The zero-order valence-electron chi connectivity index (χ0n) is 14.7. The maximum absolute atomic E-state index is 12.3. The average molecular weight is 343 g/mol. The highest BCUT2D eigenvalue weighted by Crippen LogP contribution is 2.29. The first kappa shape index (κ1) is 18.3. The predicted molar refractivity (Wildman–Crippen MR) is 94.2 cm³/mol. The molecule has 0 aliphatic rings. The smallest absolute Gasteiger partial charge is 0.337 e. The number of hydrogen-bond acceptors (Lipinski definition) is 5. The van der Waals surface area contributed by atoms with Gasteiger partial charge in [0.2, 0.25) is 0 Å². The van der Waals surface area contributed by atoms with Gasteiger partial charge in [0.15, 0.2) is 17.6 Å². The van der Waals surface area contributed by atoms with Crippen molar-refractivity contribution in [3.8, 4) is 11.5 Å². The third kappa shape index (κ3) is 4.73. The van der Waals surface area contributed by atoms with Crippen LogP contribution in [0.2, 0.25) is 0 Å². The number of carbonyl (C=O) groups is 2. The summed E-state index contributed by atoms with van der Waals surface area (Å²) in [5.74, 6) is -0.0578. The van der Waals surface area contributed by atoms with E-state index in [1.807, 2.05) is 31.2 Å². The van der Waals surface area contributed by atoms with E-state index in [9.17, 15) is 9.59 Å². The van der Waals surface area contributed by atoms with Crippen LogP contribution < -0.4 is 14.8 Å². The van der Waals surface area contributed by atoms with Crippen LogP contribution in [0.25, 0.3) is 0 Å². The molecule has 6 nitrogen and oxygen atoms in total. The van der Waals surface area contributed by atoms with Gasteiger partial charge in [0.1, 0.15) is 0 Å². The molecule has 1 amide bonds. The Labute approximate surface area is 146 Å². The number of carbonyl (C=O) groups excluding carboxylic acids is 2. The van der Waals surface area contributed by atoms with Crippen LogP contribution in [0.15, 0.2) is 42.5 Å². The number of hydrogen-bond donors (Lipinski definition) is 1. The molecule has 0 fully saturated rings. The monoisotopic (exact) mass is 343 g/mol. The number of methoxy groups -OCH3 is 2. The van der Waals surface area contributed by atoms with Crippen LogP contribution in [-0.2, 0) is 9.53 Å². The summed E-state index contributed by atoms with van der Waals surface area (Å²) in [6.45, 7) is 3.61. The van der Waals surface area contributed by atoms with Crippen molar-refractivity contribution in [2.75, 3.05) is 19.5 Å². The third-order valence-corrected chi connectivity index (χ3v) is 3.58. The Hall–Kier alpha value is -3.02. The molecule has 0 saturated carbocycles. The fraction of sp³-hybridized carbons (Fsp3) is 0.263. The van der Waals surface area contributed by atoms with Gasteiger partial charge in [-0.15, -0.1) is 0 Å². The first-order chi connectivity index (χ1) is 11.9. The third-order valence-electron chi connectivity index (χ3n) is 3.58. The minimum Gasteiger partial charge on any atom is -0.493 e. The normalized spacial score (nSPS) is 11.4. The molecule has 0 heterocycles. The Morgan fingerprint density at radius 2 is 1.68 bits per heavy atom. The number of aryl methyl sites for hydroxylation is 1. The Morgan fingerprint density at radius 3 is 2.28 bits per heavy atom. The fourth-order valence-electron chi connectivity index (χ4n) is 2.13. The van der Waals surface area contributed by atoms with E-state index >= 15 is 0 Å². The first-order valence-electron chi connectivity index (χ1n) is 7.75. The Kier molecular flexibility index (Phi) is 6.00. The summed E-state index contributed by atoms with van der Waals surface area (Å²) in [5.41, 5.74) is 2.14. The van der Waals surface area contributed by atoms with Crippen LogP contribution in [0, 0.1) is 6.92 Å². The highest BCUT2D eigenvalue weighted by Gasteiger charge is 2.18. The van der Waals surface area contributed by atoms with Gasteiger partial charge in [-0.3, -0.25) is 4.79 Å². The molecule has 2 rings (SSSR count). The van der Waals surface area contributed by atoms with Gasteiger partial charge in [-0.1, -0.05) is 17.7 Å². The molecule has 0 saturated heterocycles. The van der Waals surface area contributed by atoms with E-state index in [1.165, 1.54) is 20.3 Å². The molecule has 6 heteroatoms. The molecular formula is C19H21NO5. The van der Waals surface area contributed by atoms with Gasteiger partial charge in [-0.25, -0.2) is 4.79 Å². The van der Waals surface area contributed by atoms with E-state index < -0.39 is 12.1 Å². The lowest BCUT2D eigenvalue weighted by Gasteiger charge is -2.17. The molecule has 2 aromatic rings. The number of rotatable bonds is 6. The summed E-state index contributed by atoms with van der Waals surface area (Å²) in [5, 5.41) is 2.79. The Morgan fingerprint density at radius 1 is 1.00 bits per heavy atom. The van der Waals surface area contributed by atoms with Crippen molar-refractivity contribution in [2.24, 2.45) is 0 Å².